The van der Waals surface area contributed by atoms with Gasteiger partial charge in [0.25, 0.3) is 0 Å². The van der Waals surface area contributed by atoms with E-state index in [0.717, 1.165) is 0 Å². The maximum atomic E-state index is 2.43. The average Bonchev–Trinajstić information content (AvgIpc) is 2.53. The molecule has 0 aliphatic rings. The Morgan fingerprint density at radius 3 is 1.23 bits per heavy atom. The Bertz CT molecular complexity index is 858. The van der Waals surface area contributed by atoms with Crippen LogP contribution in [0.2, 0.25) is 4.87 Å². The third kappa shape index (κ3) is 3.49. The second kappa shape index (κ2) is 7.61. The van der Waals surface area contributed by atoms with Gasteiger partial charge in [0.1, 0.15) is 0 Å². The van der Waals surface area contributed by atoms with Crippen LogP contribution in [0.3, 0.4) is 0 Å². The van der Waals surface area contributed by atoms with Crippen LogP contribution in [-0.4, -0.2) is 21.6 Å². The standard InChI is InChI=1S/C24H25.CH3.Sb/c1-15-10-17(3)23(18(4)11-15)21-8-7-9-22(14-21)24-19(5)12-16(2)13-20(24)6;;/h7-13H,1-6H3;1H3;. The van der Waals surface area contributed by atoms with Crippen molar-refractivity contribution < 1.29 is 0 Å². The number of rotatable bonds is 3. The molecule has 1 heteroatoms. The molecule has 0 nitrogen and oxygen atoms in total. The van der Waals surface area contributed by atoms with E-state index in [9.17, 15) is 0 Å². The molecule has 0 aromatic heterocycles. The van der Waals surface area contributed by atoms with Crippen LogP contribution in [0.15, 0.2) is 42.5 Å². The van der Waals surface area contributed by atoms with Crippen molar-refractivity contribution in [2.45, 2.75) is 46.4 Å². The Morgan fingerprint density at radius 2 is 0.923 bits per heavy atom. The second-order valence-electron chi connectivity index (χ2n) is 7.47. The van der Waals surface area contributed by atoms with Crippen LogP contribution in [0.4, 0.5) is 0 Å². The Labute approximate surface area is 169 Å². The molecule has 3 rings (SSSR count). The number of benzene rings is 3. The molecule has 3 aromatic rings. The zero-order valence-corrected chi connectivity index (χ0v) is 19.5. The van der Waals surface area contributed by atoms with E-state index in [4.69, 9.17) is 0 Å². The molecule has 26 heavy (non-hydrogen) atoms. The van der Waals surface area contributed by atoms with E-state index in [0.29, 0.717) is 0 Å². The zero-order chi connectivity index (χ0) is 19.0. The second-order valence-corrected chi connectivity index (χ2v) is 10.0. The molecule has 0 saturated heterocycles. The predicted molar refractivity (Wildman–Crippen MR) is 117 cm³/mol. The first kappa shape index (κ1) is 19.2. The predicted octanol–water partition coefficient (Wildman–Crippen LogP) is 6.25. The summed E-state index contributed by atoms with van der Waals surface area (Å²) in [5.74, 6) is 0. The molecule has 0 bridgehead atoms. The van der Waals surface area contributed by atoms with Gasteiger partial charge in [-0.05, 0) is 0 Å². The SMILES string of the molecule is [CH3][Sb][c]1c(-c2c(C)cc(C)cc2C)cccc1-c1c(C)cc(C)cc1C. The topological polar surface area (TPSA) is 0 Å². The molecule has 0 heterocycles. The molecule has 0 aliphatic heterocycles. The van der Waals surface area contributed by atoms with Crippen LogP contribution in [-0.2, 0) is 0 Å². The Kier molecular flexibility index (Phi) is 5.63. The van der Waals surface area contributed by atoms with Crippen molar-refractivity contribution in [1.29, 1.82) is 0 Å². The molecule has 133 valence electrons. The summed E-state index contributed by atoms with van der Waals surface area (Å²) in [6, 6.07) is 16.2. The fourth-order valence-corrected chi connectivity index (χ4v) is 6.84. The minimum atomic E-state index is -0.447. The van der Waals surface area contributed by atoms with E-state index < -0.39 is 21.6 Å². The van der Waals surface area contributed by atoms with E-state index in [2.05, 4.69) is 88.9 Å². The molecule has 3 aromatic carbocycles. The van der Waals surface area contributed by atoms with Crippen molar-refractivity contribution >= 4 is 25.1 Å². The van der Waals surface area contributed by atoms with Crippen LogP contribution in [0, 0.1) is 41.5 Å². The third-order valence-electron chi connectivity index (χ3n) is 5.15. The van der Waals surface area contributed by atoms with E-state index in [1.807, 2.05) is 0 Å². The first-order valence-electron chi connectivity index (χ1n) is 9.22. The summed E-state index contributed by atoms with van der Waals surface area (Å²) in [6.45, 7) is 13.4. The van der Waals surface area contributed by atoms with Gasteiger partial charge in [0, 0.05) is 0 Å². The summed E-state index contributed by atoms with van der Waals surface area (Å²) >= 11 is -0.447. The van der Waals surface area contributed by atoms with E-state index in [1.165, 1.54) is 55.6 Å². The zero-order valence-electron chi connectivity index (χ0n) is 17.0. The quantitative estimate of drug-likeness (QED) is 0.414. The van der Waals surface area contributed by atoms with Crippen LogP contribution in [0.1, 0.15) is 33.4 Å². The van der Waals surface area contributed by atoms with Gasteiger partial charge in [-0.3, -0.25) is 0 Å². The van der Waals surface area contributed by atoms with Gasteiger partial charge in [-0.2, -0.15) is 0 Å². The Balaban J connectivity index is 2.32. The molecule has 0 saturated carbocycles. The van der Waals surface area contributed by atoms with Crippen LogP contribution in [0.5, 0.6) is 0 Å². The van der Waals surface area contributed by atoms with Crippen molar-refractivity contribution in [3.05, 3.63) is 75.8 Å². The summed E-state index contributed by atoms with van der Waals surface area (Å²) in [5, 5.41) is 0. The fourth-order valence-electron chi connectivity index (χ4n) is 4.40. The molecular formula is C25H28Sb. The molecule has 0 amide bonds. The van der Waals surface area contributed by atoms with Gasteiger partial charge in [-0.15, -0.1) is 0 Å². The van der Waals surface area contributed by atoms with E-state index in [-0.39, 0.29) is 0 Å². The van der Waals surface area contributed by atoms with Crippen LogP contribution >= 0.6 is 0 Å². The molecule has 0 N–H and O–H groups in total. The van der Waals surface area contributed by atoms with Gasteiger partial charge >= 0.3 is 170 Å². The molecule has 0 aliphatic carbocycles. The van der Waals surface area contributed by atoms with Gasteiger partial charge in [-0.25, -0.2) is 0 Å². The minimum absolute atomic E-state index is 0.447. The first-order chi connectivity index (χ1) is 12.3. The van der Waals surface area contributed by atoms with Gasteiger partial charge in [0.15, 0.2) is 0 Å². The van der Waals surface area contributed by atoms with Crippen molar-refractivity contribution in [3.63, 3.8) is 0 Å². The first-order valence-corrected chi connectivity index (χ1v) is 13.1. The van der Waals surface area contributed by atoms with Crippen LogP contribution < -0.4 is 3.51 Å². The summed E-state index contributed by atoms with van der Waals surface area (Å²) in [6.07, 6.45) is 0. The van der Waals surface area contributed by atoms with Gasteiger partial charge in [-0.1, -0.05) is 0 Å². The van der Waals surface area contributed by atoms with Crippen molar-refractivity contribution in [2.24, 2.45) is 0 Å². The molecule has 0 spiro atoms. The van der Waals surface area contributed by atoms with Crippen molar-refractivity contribution in [2.75, 3.05) is 0 Å². The summed E-state index contributed by atoms with van der Waals surface area (Å²) in [7, 11) is 0. The normalized spacial score (nSPS) is 11.0. The molecule has 0 fully saturated rings. The Hall–Kier alpha value is -1.52. The third-order valence-corrected chi connectivity index (χ3v) is 7.80. The summed E-state index contributed by atoms with van der Waals surface area (Å²) in [5.41, 5.74) is 14.0. The number of hydrogen-bond donors (Lipinski definition) is 0. The maximum absolute atomic E-state index is 2.43. The summed E-state index contributed by atoms with van der Waals surface area (Å²) < 4.78 is 1.61. The van der Waals surface area contributed by atoms with Gasteiger partial charge in [0.2, 0.25) is 0 Å². The molecule has 0 unspecified atom stereocenters. The number of hydrogen-bond acceptors (Lipinski definition) is 0. The van der Waals surface area contributed by atoms with Crippen LogP contribution in [0.25, 0.3) is 22.3 Å². The van der Waals surface area contributed by atoms with Crippen molar-refractivity contribution in [1.82, 2.24) is 0 Å². The summed E-state index contributed by atoms with van der Waals surface area (Å²) in [4.78, 5) is 2.43. The van der Waals surface area contributed by atoms with Gasteiger partial charge in [0.05, 0.1) is 0 Å². The van der Waals surface area contributed by atoms with Gasteiger partial charge < -0.3 is 0 Å². The molecule has 1 radical (unpaired) electrons. The Morgan fingerprint density at radius 1 is 0.577 bits per heavy atom. The monoisotopic (exact) mass is 449 g/mol. The molecule has 0 atom stereocenters. The van der Waals surface area contributed by atoms with E-state index >= 15 is 0 Å². The average molecular weight is 450 g/mol. The molecular weight excluding hydrogens is 422 g/mol. The fraction of sp³-hybridized carbons (Fsp3) is 0.280. The van der Waals surface area contributed by atoms with Crippen molar-refractivity contribution in [3.8, 4) is 22.3 Å². The number of aryl methyl sites for hydroxylation is 6. The van der Waals surface area contributed by atoms with E-state index in [1.54, 1.807) is 3.51 Å².